The summed E-state index contributed by atoms with van der Waals surface area (Å²) in [7, 11) is 0. The van der Waals surface area contributed by atoms with E-state index < -0.39 is 23.9 Å². The summed E-state index contributed by atoms with van der Waals surface area (Å²) in [6, 6.07) is 6.67. The normalized spacial score (nSPS) is 16.2. The van der Waals surface area contributed by atoms with E-state index in [-0.39, 0.29) is 11.7 Å². The minimum Gasteiger partial charge on any atom is -0.481 e. The third-order valence-corrected chi connectivity index (χ3v) is 9.07. The number of aromatic nitrogens is 1. The molecule has 0 fully saturated rings. The van der Waals surface area contributed by atoms with Crippen LogP contribution < -0.4 is 0 Å². The van der Waals surface area contributed by atoms with Crippen molar-refractivity contribution in [2.45, 2.75) is 99.0 Å². The Morgan fingerprint density at radius 3 is 2.46 bits per heavy atom. The van der Waals surface area contributed by atoms with Crippen LogP contribution in [0, 0.1) is 36.0 Å². The van der Waals surface area contributed by atoms with Crippen LogP contribution in [-0.4, -0.2) is 33.1 Å². The first-order valence-corrected chi connectivity index (χ1v) is 14.6. The Kier molecular flexibility index (Phi) is 12.0. The first-order chi connectivity index (χ1) is 17.3. The number of aliphatic hydroxyl groups is 1. The molecule has 2 rings (SSSR count). The molecule has 5 atom stereocenters. The summed E-state index contributed by atoms with van der Waals surface area (Å²) in [6.07, 6.45) is 6.98. The van der Waals surface area contributed by atoms with Crippen molar-refractivity contribution in [3.05, 3.63) is 41.4 Å². The van der Waals surface area contributed by atoms with E-state index in [1.807, 2.05) is 0 Å². The molecule has 5 unspecified atom stereocenters. The zero-order valence-electron chi connectivity index (χ0n) is 23.6. The van der Waals surface area contributed by atoms with Gasteiger partial charge in [0.1, 0.15) is 5.78 Å². The number of aryl methyl sites for hydroxylation is 2. The maximum Gasteiger partial charge on any atom is 0.306 e. The van der Waals surface area contributed by atoms with Crippen molar-refractivity contribution in [1.82, 2.24) is 4.98 Å². The number of rotatable bonds is 17. The molecule has 1 aromatic heterocycles. The molecule has 0 saturated carbocycles. The van der Waals surface area contributed by atoms with Gasteiger partial charge < -0.3 is 10.2 Å². The number of carbonyl (C=O) groups excluding carboxylic acids is 1. The minimum absolute atomic E-state index is 0.0685. The van der Waals surface area contributed by atoms with Crippen LogP contribution in [0.4, 0.5) is 0 Å². The number of allylic oxidation sites excluding steroid dienone is 1. The van der Waals surface area contributed by atoms with E-state index in [0.29, 0.717) is 24.2 Å². The standard InChI is InChI=1S/C31H47NO4S/c1-8-10-25(30(36)31(6,7)28(33)19-29(34)35)17-20(2)11-9-12-21(3)22(4)13-14-24-15-16-27-26(18-24)32-23(5)37-27/h8,15-16,18,20-22,25,28,33H,1,9-14,17,19H2,2-7H3,(H,34,35). The van der Waals surface area contributed by atoms with Crippen LogP contribution in [-0.2, 0) is 16.0 Å². The predicted octanol–water partition coefficient (Wildman–Crippen LogP) is 7.63. The number of thiazole rings is 1. The van der Waals surface area contributed by atoms with Crippen molar-refractivity contribution in [2.75, 3.05) is 0 Å². The SMILES string of the molecule is C=CCC(CC(C)CCCC(C)C(C)CCc1ccc2sc(C)nc2c1)C(=O)C(C)(C)C(O)CC(=O)O. The highest BCUT2D eigenvalue weighted by Gasteiger charge is 2.40. The second kappa shape index (κ2) is 14.2. The molecule has 6 heteroatoms. The minimum atomic E-state index is -1.20. The van der Waals surface area contributed by atoms with E-state index in [1.165, 1.54) is 16.7 Å². The average molecular weight is 530 g/mol. The number of aliphatic carboxylic acids is 1. The number of hydrogen-bond acceptors (Lipinski definition) is 5. The van der Waals surface area contributed by atoms with Crippen LogP contribution in [0.2, 0.25) is 0 Å². The van der Waals surface area contributed by atoms with E-state index in [0.717, 1.165) is 42.6 Å². The van der Waals surface area contributed by atoms with Crippen LogP contribution in [0.15, 0.2) is 30.9 Å². The Morgan fingerprint density at radius 1 is 1.14 bits per heavy atom. The number of fused-ring (bicyclic) bond motifs is 1. The molecule has 5 nitrogen and oxygen atoms in total. The molecular weight excluding hydrogens is 482 g/mol. The zero-order valence-corrected chi connectivity index (χ0v) is 24.4. The second-order valence-corrected chi connectivity index (χ2v) is 13.0. The maximum atomic E-state index is 13.2. The highest BCUT2D eigenvalue weighted by molar-refractivity contribution is 7.18. The molecule has 1 aromatic carbocycles. The maximum absolute atomic E-state index is 13.2. The smallest absolute Gasteiger partial charge is 0.306 e. The van der Waals surface area contributed by atoms with Gasteiger partial charge in [-0.3, -0.25) is 9.59 Å². The number of nitrogens with zero attached hydrogens (tertiary/aromatic N) is 1. The van der Waals surface area contributed by atoms with Crippen molar-refractivity contribution in [1.29, 1.82) is 0 Å². The monoisotopic (exact) mass is 529 g/mol. The van der Waals surface area contributed by atoms with Crippen LogP contribution in [0.3, 0.4) is 0 Å². The van der Waals surface area contributed by atoms with Gasteiger partial charge in [-0.2, -0.15) is 0 Å². The molecule has 2 N–H and O–H groups in total. The molecule has 0 bridgehead atoms. The van der Waals surface area contributed by atoms with Gasteiger partial charge in [0.2, 0.25) is 0 Å². The Hall–Kier alpha value is -2.05. The Morgan fingerprint density at radius 2 is 1.81 bits per heavy atom. The van der Waals surface area contributed by atoms with Gasteiger partial charge in [0.05, 0.1) is 33.2 Å². The Balaban J connectivity index is 1.80. The first-order valence-electron chi connectivity index (χ1n) is 13.8. The highest BCUT2D eigenvalue weighted by Crippen LogP contribution is 2.34. The van der Waals surface area contributed by atoms with Crippen LogP contribution >= 0.6 is 11.3 Å². The number of carbonyl (C=O) groups is 2. The molecule has 0 spiro atoms. The van der Waals surface area contributed by atoms with E-state index in [2.05, 4.69) is 57.5 Å². The number of benzene rings is 1. The predicted molar refractivity (Wildman–Crippen MR) is 154 cm³/mol. The number of Topliss-reactive ketones (excluding diaryl/α,β-unsaturated/α-hetero) is 1. The van der Waals surface area contributed by atoms with Gasteiger partial charge >= 0.3 is 5.97 Å². The lowest BCUT2D eigenvalue weighted by atomic mass is 9.72. The van der Waals surface area contributed by atoms with Gasteiger partial charge in [-0.05, 0) is 68.1 Å². The second-order valence-electron chi connectivity index (χ2n) is 11.7. The van der Waals surface area contributed by atoms with Crippen molar-refractivity contribution >= 4 is 33.3 Å². The van der Waals surface area contributed by atoms with Crippen molar-refractivity contribution in [3.63, 3.8) is 0 Å². The van der Waals surface area contributed by atoms with E-state index in [4.69, 9.17) is 5.11 Å². The number of carboxylic acids is 1. The first kappa shape index (κ1) is 31.2. The summed E-state index contributed by atoms with van der Waals surface area (Å²) in [6.45, 7) is 16.1. The van der Waals surface area contributed by atoms with Gasteiger partial charge in [0, 0.05) is 5.92 Å². The molecule has 0 aliphatic rings. The fourth-order valence-corrected chi connectivity index (χ4v) is 6.03. The molecule has 1 heterocycles. The van der Waals surface area contributed by atoms with Crippen LogP contribution in [0.1, 0.15) is 90.1 Å². The molecular formula is C31H47NO4S. The van der Waals surface area contributed by atoms with Crippen molar-refractivity contribution in [2.24, 2.45) is 29.1 Å². The number of ketones is 1. The summed E-state index contributed by atoms with van der Waals surface area (Å²) in [4.78, 5) is 28.9. The molecule has 0 amide bonds. The fourth-order valence-electron chi connectivity index (χ4n) is 5.22. The van der Waals surface area contributed by atoms with Crippen molar-refractivity contribution < 1.29 is 19.8 Å². The van der Waals surface area contributed by atoms with Crippen molar-refractivity contribution in [3.8, 4) is 0 Å². The summed E-state index contributed by atoms with van der Waals surface area (Å²) in [5, 5.41) is 20.5. The van der Waals surface area contributed by atoms with Gasteiger partial charge in [-0.15, -0.1) is 17.9 Å². The van der Waals surface area contributed by atoms with E-state index in [9.17, 15) is 14.7 Å². The highest BCUT2D eigenvalue weighted by atomic mass is 32.1. The molecule has 0 radical (unpaired) electrons. The largest absolute Gasteiger partial charge is 0.481 e. The molecule has 37 heavy (non-hydrogen) atoms. The fraction of sp³-hybridized carbons (Fsp3) is 0.645. The summed E-state index contributed by atoms with van der Waals surface area (Å²) >= 11 is 1.75. The van der Waals surface area contributed by atoms with Crippen LogP contribution in [0.5, 0.6) is 0 Å². The van der Waals surface area contributed by atoms with E-state index >= 15 is 0 Å². The topological polar surface area (TPSA) is 87.5 Å². The van der Waals surface area contributed by atoms with Gasteiger partial charge in [-0.1, -0.05) is 66.0 Å². The Labute approximate surface area is 227 Å². The Bertz CT molecular complexity index is 1040. The summed E-state index contributed by atoms with van der Waals surface area (Å²) in [5.74, 6) is 0.225. The molecule has 0 aliphatic carbocycles. The van der Waals surface area contributed by atoms with Crippen LogP contribution in [0.25, 0.3) is 10.2 Å². The number of hydrogen-bond donors (Lipinski definition) is 2. The third kappa shape index (κ3) is 9.33. The molecule has 206 valence electrons. The van der Waals surface area contributed by atoms with Gasteiger partial charge in [-0.25, -0.2) is 4.98 Å². The zero-order chi connectivity index (χ0) is 27.8. The lowest BCUT2D eigenvalue weighted by Crippen LogP contribution is -2.42. The summed E-state index contributed by atoms with van der Waals surface area (Å²) in [5.41, 5.74) is 1.38. The lowest BCUT2D eigenvalue weighted by Gasteiger charge is -2.32. The number of aliphatic hydroxyl groups excluding tert-OH is 1. The lowest BCUT2D eigenvalue weighted by molar-refractivity contribution is -0.145. The number of carboxylic acid groups (broad SMARTS) is 1. The van der Waals surface area contributed by atoms with E-state index in [1.54, 1.807) is 31.3 Å². The van der Waals surface area contributed by atoms with Gasteiger partial charge in [0.25, 0.3) is 0 Å². The summed E-state index contributed by atoms with van der Waals surface area (Å²) < 4.78 is 1.26. The average Bonchev–Trinajstić information content (AvgIpc) is 3.20. The molecule has 0 aliphatic heterocycles. The molecule has 2 aromatic rings. The third-order valence-electron chi connectivity index (χ3n) is 8.12. The quantitative estimate of drug-likeness (QED) is 0.206. The van der Waals surface area contributed by atoms with Gasteiger partial charge in [0.15, 0.2) is 0 Å². The molecule has 0 saturated heterocycles.